The molecular formula is C19H17F2NO4S3. The lowest BCUT2D eigenvalue weighted by molar-refractivity contribution is 0.568. The Morgan fingerprint density at radius 3 is 2.28 bits per heavy atom. The summed E-state index contributed by atoms with van der Waals surface area (Å²) in [6.07, 6.45) is 0. The Labute approximate surface area is 172 Å². The smallest absolute Gasteiger partial charge is 0.222 e. The van der Waals surface area contributed by atoms with Crippen molar-refractivity contribution >= 4 is 31.2 Å². The van der Waals surface area contributed by atoms with Crippen molar-refractivity contribution in [3.05, 3.63) is 82.7 Å². The summed E-state index contributed by atoms with van der Waals surface area (Å²) in [6, 6.07) is 11.1. The number of benzene rings is 2. The summed E-state index contributed by atoms with van der Waals surface area (Å²) in [5.41, 5.74) is 0.395. The van der Waals surface area contributed by atoms with E-state index in [4.69, 9.17) is 0 Å². The van der Waals surface area contributed by atoms with Gasteiger partial charge in [0.25, 0.3) is 0 Å². The van der Waals surface area contributed by atoms with Crippen molar-refractivity contribution in [2.45, 2.75) is 21.3 Å². The predicted octanol–water partition coefficient (Wildman–Crippen LogP) is 3.83. The van der Waals surface area contributed by atoms with Crippen molar-refractivity contribution in [3.63, 3.8) is 0 Å². The molecule has 1 atom stereocenters. The average molecular weight is 458 g/mol. The molecule has 10 heteroatoms. The molecule has 0 bridgehead atoms. The quantitative estimate of drug-likeness (QED) is 0.585. The van der Waals surface area contributed by atoms with Gasteiger partial charge >= 0.3 is 0 Å². The Morgan fingerprint density at radius 2 is 1.69 bits per heavy atom. The maximum atomic E-state index is 13.4. The maximum absolute atomic E-state index is 13.4. The van der Waals surface area contributed by atoms with Crippen molar-refractivity contribution in [2.24, 2.45) is 0 Å². The third-order valence-electron chi connectivity index (χ3n) is 4.29. The third-order valence-corrected chi connectivity index (χ3v) is 9.24. The van der Waals surface area contributed by atoms with Gasteiger partial charge in [0.1, 0.15) is 21.1 Å². The number of rotatable bonds is 7. The minimum absolute atomic E-state index is 0.0728. The number of thiophene rings is 1. The van der Waals surface area contributed by atoms with Crippen molar-refractivity contribution in [2.75, 3.05) is 6.54 Å². The number of aryl methyl sites for hydroxylation is 1. The van der Waals surface area contributed by atoms with Crippen LogP contribution in [0.15, 0.2) is 69.1 Å². The molecule has 0 saturated heterocycles. The van der Waals surface area contributed by atoms with Gasteiger partial charge < -0.3 is 0 Å². The van der Waals surface area contributed by atoms with Crippen molar-refractivity contribution in [1.29, 1.82) is 0 Å². The lowest BCUT2D eigenvalue weighted by atomic mass is 10.1. The van der Waals surface area contributed by atoms with Crippen LogP contribution in [0.1, 0.15) is 16.4 Å². The number of hydrogen-bond donors (Lipinski definition) is 1. The van der Waals surface area contributed by atoms with E-state index >= 15 is 0 Å². The number of sulfonamides is 1. The first-order valence-corrected chi connectivity index (χ1v) is 12.3. The van der Waals surface area contributed by atoms with Crippen LogP contribution in [0.5, 0.6) is 0 Å². The molecule has 0 aliphatic rings. The van der Waals surface area contributed by atoms with E-state index in [-0.39, 0.29) is 20.2 Å². The molecule has 5 nitrogen and oxygen atoms in total. The van der Waals surface area contributed by atoms with Gasteiger partial charge in [0.05, 0.1) is 4.90 Å². The molecule has 2 aromatic carbocycles. The van der Waals surface area contributed by atoms with E-state index in [1.54, 1.807) is 11.4 Å². The Kier molecular flexibility index (Phi) is 6.18. The molecule has 1 aromatic heterocycles. The molecule has 1 unspecified atom stereocenters. The van der Waals surface area contributed by atoms with Gasteiger partial charge in [-0.25, -0.2) is 30.3 Å². The SMILES string of the molecule is Cc1cc(S(=O)(=O)NCC(c2ccc(F)cc2)S(=O)(=O)c2cccs2)ccc1F. The fraction of sp³-hybridized carbons (Fsp3) is 0.158. The molecule has 3 rings (SSSR count). The van der Waals surface area contributed by atoms with Gasteiger partial charge in [-0.15, -0.1) is 11.3 Å². The summed E-state index contributed by atoms with van der Waals surface area (Å²) in [5, 5.41) is 0.332. The maximum Gasteiger partial charge on any atom is 0.240 e. The summed E-state index contributed by atoms with van der Waals surface area (Å²) >= 11 is 1.01. The first-order valence-electron chi connectivity index (χ1n) is 8.40. The lowest BCUT2D eigenvalue weighted by Crippen LogP contribution is -2.32. The highest BCUT2D eigenvalue weighted by Crippen LogP contribution is 2.31. The van der Waals surface area contributed by atoms with E-state index in [0.29, 0.717) is 0 Å². The Bertz CT molecular complexity index is 1210. The van der Waals surface area contributed by atoms with Gasteiger partial charge in [0, 0.05) is 6.54 Å². The molecule has 0 radical (unpaired) electrons. The number of hydrogen-bond acceptors (Lipinski definition) is 5. The van der Waals surface area contributed by atoms with Crippen LogP contribution in [0.3, 0.4) is 0 Å². The second kappa shape index (κ2) is 8.31. The van der Waals surface area contributed by atoms with E-state index in [1.165, 1.54) is 31.2 Å². The fourth-order valence-corrected chi connectivity index (χ4v) is 6.81. The minimum atomic E-state index is -4.09. The number of halogens is 2. The molecule has 1 N–H and O–H groups in total. The van der Waals surface area contributed by atoms with Crippen molar-refractivity contribution in [3.8, 4) is 0 Å². The highest BCUT2D eigenvalue weighted by Gasteiger charge is 2.31. The molecule has 3 aromatic rings. The summed E-state index contributed by atoms with van der Waals surface area (Å²) in [7, 11) is -8.03. The van der Waals surface area contributed by atoms with Gasteiger partial charge in [-0.3, -0.25) is 0 Å². The van der Waals surface area contributed by atoms with E-state index in [0.717, 1.165) is 35.6 Å². The van der Waals surface area contributed by atoms with Crippen LogP contribution in [0.4, 0.5) is 8.78 Å². The van der Waals surface area contributed by atoms with E-state index in [2.05, 4.69) is 4.72 Å². The van der Waals surface area contributed by atoms with Crippen LogP contribution in [0, 0.1) is 18.6 Å². The number of nitrogens with one attached hydrogen (secondary N) is 1. The predicted molar refractivity (Wildman–Crippen MR) is 107 cm³/mol. The van der Waals surface area contributed by atoms with E-state index in [1.807, 2.05) is 0 Å². The molecule has 0 saturated carbocycles. The summed E-state index contributed by atoms with van der Waals surface area (Å²) in [5.74, 6) is -1.09. The zero-order valence-electron chi connectivity index (χ0n) is 15.2. The van der Waals surface area contributed by atoms with Crippen LogP contribution in [0.25, 0.3) is 0 Å². The largest absolute Gasteiger partial charge is 0.240 e. The molecular weight excluding hydrogens is 440 g/mol. The molecule has 0 amide bonds. The van der Waals surface area contributed by atoms with Crippen LogP contribution >= 0.6 is 11.3 Å². The number of sulfone groups is 1. The summed E-state index contributed by atoms with van der Waals surface area (Å²) in [6.45, 7) is 0.960. The van der Waals surface area contributed by atoms with Crippen molar-refractivity contribution in [1.82, 2.24) is 4.72 Å². The van der Waals surface area contributed by atoms with Gasteiger partial charge in [0.15, 0.2) is 9.84 Å². The third kappa shape index (κ3) is 4.72. The zero-order chi connectivity index (χ0) is 21.2. The molecule has 0 spiro atoms. The van der Waals surface area contributed by atoms with Crippen LogP contribution in [-0.4, -0.2) is 23.4 Å². The lowest BCUT2D eigenvalue weighted by Gasteiger charge is -2.18. The first kappa shape index (κ1) is 21.6. The molecule has 29 heavy (non-hydrogen) atoms. The zero-order valence-corrected chi connectivity index (χ0v) is 17.6. The van der Waals surface area contributed by atoms with Crippen LogP contribution in [0.2, 0.25) is 0 Å². The average Bonchev–Trinajstić information content (AvgIpc) is 3.21. The molecule has 0 fully saturated rings. The van der Waals surface area contributed by atoms with E-state index in [9.17, 15) is 25.6 Å². The highest BCUT2D eigenvalue weighted by molar-refractivity contribution is 7.93. The van der Waals surface area contributed by atoms with Gasteiger partial charge in [-0.1, -0.05) is 18.2 Å². The fourth-order valence-electron chi connectivity index (χ4n) is 2.70. The normalized spacial score (nSPS) is 13.3. The van der Waals surface area contributed by atoms with Gasteiger partial charge in [0.2, 0.25) is 10.0 Å². The van der Waals surface area contributed by atoms with Crippen LogP contribution < -0.4 is 4.72 Å². The standard InChI is InChI=1S/C19H17F2NO4S3/c1-13-11-16(8-9-17(13)21)29(25,26)22-12-18(14-4-6-15(20)7-5-14)28(23,24)19-3-2-10-27-19/h2-11,18,22H,12H2,1H3. The molecule has 0 aliphatic carbocycles. The molecule has 154 valence electrons. The topological polar surface area (TPSA) is 80.3 Å². The summed E-state index contributed by atoms with van der Waals surface area (Å²) < 4.78 is 80.5. The second-order valence-corrected chi connectivity index (χ2v) is 11.4. The van der Waals surface area contributed by atoms with Gasteiger partial charge in [-0.05, 0) is 59.8 Å². The Morgan fingerprint density at radius 1 is 1.00 bits per heavy atom. The molecule has 0 aliphatic heterocycles. The Hall–Kier alpha value is -2.14. The first-order chi connectivity index (χ1) is 13.6. The summed E-state index contributed by atoms with van der Waals surface area (Å²) in [4.78, 5) is -0.178. The van der Waals surface area contributed by atoms with Crippen molar-refractivity contribution < 1.29 is 25.6 Å². The second-order valence-electron chi connectivity index (χ2n) is 6.28. The Balaban J connectivity index is 1.95. The van der Waals surface area contributed by atoms with Gasteiger partial charge in [-0.2, -0.15) is 0 Å². The highest BCUT2D eigenvalue weighted by atomic mass is 32.2. The van der Waals surface area contributed by atoms with Crippen LogP contribution in [-0.2, 0) is 19.9 Å². The minimum Gasteiger partial charge on any atom is -0.222 e. The molecule has 1 heterocycles. The van der Waals surface area contributed by atoms with E-state index < -0.39 is 43.3 Å². The monoisotopic (exact) mass is 457 g/mol.